The Bertz CT molecular complexity index is 806. The van der Waals surface area contributed by atoms with Crippen LogP contribution in [0.1, 0.15) is 61.4 Å². The summed E-state index contributed by atoms with van der Waals surface area (Å²) < 4.78 is 67.5. The fraction of sp³-hybridized carbons (Fsp3) is 0.364. The lowest BCUT2D eigenvalue weighted by atomic mass is 9.88. The second-order valence-electron chi connectivity index (χ2n) is 6.85. The zero-order chi connectivity index (χ0) is 20.4. The zero-order valence-electron chi connectivity index (χ0n) is 15.8. The van der Waals surface area contributed by atoms with Crippen molar-refractivity contribution in [3.63, 3.8) is 0 Å². The van der Waals surface area contributed by atoms with Crippen LogP contribution in [0.4, 0.5) is 22.0 Å². The summed E-state index contributed by atoms with van der Waals surface area (Å²) in [4.78, 5) is 0. The van der Waals surface area contributed by atoms with Crippen LogP contribution in [0.2, 0.25) is 0 Å². The molecule has 0 aliphatic carbocycles. The smallest absolute Gasteiger partial charge is 0.202 e. The molecule has 0 spiro atoms. The van der Waals surface area contributed by atoms with Crippen molar-refractivity contribution in [2.24, 2.45) is 0 Å². The van der Waals surface area contributed by atoms with Gasteiger partial charge in [0.25, 0.3) is 5.92 Å². The lowest BCUT2D eigenvalue weighted by Gasteiger charge is -2.19. The lowest BCUT2D eigenvalue weighted by molar-refractivity contribution is -0.137. The fourth-order valence-corrected chi connectivity index (χ4v) is 3.12. The van der Waals surface area contributed by atoms with Gasteiger partial charge >= 0.3 is 6.18 Å². The van der Waals surface area contributed by atoms with Crippen LogP contribution in [0.25, 0.3) is 11.1 Å². The summed E-state index contributed by atoms with van der Waals surface area (Å²) in [5.41, 5.74) is 1.87. The molecule has 0 N–H and O–H groups in total. The highest BCUT2D eigenvalue weighted by molar-refractivity contribution is 5.91. The highest BCUT2D eigenvalue weighted by Gasteiger charge is 2.34. The number of rotatable bonds is 5. The third-order valence-corrected chi connectivity index (χ3v) is 4.62. The van der Waals surface area contributed by atoms with Gasteiger partial charge in [-0.2, -0.15) is 13.2 Å². The van der Waals surface area contributed by atoms with Crippen LogP contribution in [0.15, 0.2) is 42.5 Å². The summed E-state index contributed by atoms with van der Waals surface area (Å²) in [6, 6.07) is 10.2. The van der Waals surface area contributed by atoms with E-state index in [-0.39, 0.29) is 5.56 Å². The molecule has 0 saturated heterocycles. The van der Waals surface area contributed by atoms with E-state index in [1.165, 1.54) is 6.07 Å². The van der Waals surface area contributed by atoms with Gasteiger partial charge in [-0.15, -0.1) is 0 Å². The molecule has 2 aromatic carbocycles. The first-order valence-corrected chi connectivity index (χ1v) is 8.81. The van der Waals surface area contributed by atoms with Crippen molar-refractivity contribution >= 4 is 11.1 Å². The minimum absolute atomic E-state index is 0.174. The predicted octanol–water partition coefficient (Wildman–Crippen LogP) is 7.86. The maximum Gasteiger partial charge on any atom is 0.416 e. The van der Waals surface area contributed by atoms with E-state index in [0.717, 1.165) is 29.2 Å². The third kappa shape index (κ3) is 4.96. The summed E-state index contributed by atoms with van der Waals surface area (Å²) in [5, 5.41) is 0. The maximum atomic E-state index is 13.8. The summed E-state index contributed by atoms with van der Waals surface area (Å²) in [5.74, 6) is -3.36. The number of aryl methyl sites for hydroxylation is 1. The van der Waals surface area contributed by atoms with E-state index in [9.17, 15) is 22.0 Å². The van der Waals surface area contributed by atoms with Gasteiger partial charge in [0.2, 0.25) is 0 Å². The molecule has 2 aromatic rings. The number of allylic oxidation sites excluding steroid dienone is 2. The van der Waals surface area contributed by atoms with E-state index in [2.05, 4.69) is 0 Å². The molecular formula is C22H23F5. The van der Waals surface area contributed by atoms with E-state index in [1.54, 1.807) is 6.92 Å². The second-order valence-corrected chi connectivity index (χ2v) is 6.85. The molecule has 0 nitrogen and oxygen atoms in total. The minimum Gasteiger partial charge on any atom is -0.202 e. The Hall–Kier alpha value is -2.17. The Morgan fingerprint density at radius 1 is 0.926 bits per heavy atom. The molecular weight excluding hydrogens is 359 g/mol. The molecule has 0 saturated carbocycles. The van der Waals surface area contributed by atoms with E-state index < -0.39 is 23.2 Å². The summed E-state index contributed by atoms with van der Waals surface area (Å²) in [7, 11) is 0. The molecule has 0 atom stereocenters. The van der Waals surface area contributed by atoms with Gasteiger partial charge in [-0.1, -0.05) is 37.6 Å². The van der Waals surface area contributed by atoms with Crippen molar-refractivity contribution in [2.75, 3.05) is 0 Å². The average molecular weight is 382 g/mol. The standard InChI is InChI=1S/C22H23F5/c1-5-8-20(19-10-7-6-9-14(19)2)15(3)16-11-17(21(4,23)24)13-18(12-16)22(25,26)27/h6-7,9-13H,5,8H2,1-4H3/b20-15+. The molecule has 2 rings (SSSR count). The average Bonchev–Trinajstić information content (AvgIpc) is 2.58. The molecule has 0 heterocycles. The van der Waals surface area contributed by atoms with Gasteiger partial charge < -0.3 is 0 Å². The van der Waals surface area contributed by atoms with Crippen LogP contribution in [0.3, 0.4) is 0 Å². The van der Waals surface area contributed by atoms with Crippen LogP contribution in [0.5, 0.6) is 0 Å². The Morgan fingerprint density at radius 3 is 2.04 bits per heavy atom. The van der Waals surface area contributed by atoms with E-state index in [4.69, 9.17) is 0 Å². The monoisotopic (exact) mass is 382 g/mol. The van der Waals surface area contributed by atoms with Gasteiger partial charge in [0, 0.05) is 12.5 Å². The molecule has 0 aliphatic heterocycles. The van der Waals surface area contributed by atoms with Crippen molar-refractivity contribution in [2.45, 2.75) is 52.6 Å². The quantitative estimate of drug-likeness (QED) is 0.365. The molecule has 0 bridgehead atoms. The first kappa shape index (κ1) is 21.1. The molecule has 0 aliphatic rings. The normalized spacial score (nSPS) is 13.5. The largest absolute Gasteiger partial charge is 0.416 e. The minimum atomic E-state index is -4.69. The summed E-state index contributed by atoms with van der Waals surface area (Å²) in [6.07, 6.45) is -3.26. The number of hydrogen-bond donors (Lipinski definition) is 0. The maximum absolute atomic E-state index is 13.8. The van der Waals surface area contributed by atoms with Crippen LogP contribution in [-0.4, -0.2) is 0 Å². The Balaban J connectivity index is 2.76. The zero-order valence-corrected chi connectivity index (χ0v) is 15.8. The topological polar surface area (TPSA) is 0 Å². The first-order valence-electron chi connectivity index (χ1n) is 8.81. The Labute approximate surface area is 156 Å². The number of halogens is 5. The molecule has 146 valence electrons. The molecule has 0 amide bonds. The first-order chi connectivity index (χ1) is 12.4. The number of alkyl halides is 5. The van der Waals surface area contributed by atoms with Crippen molar-refractivity contribution in [3.05, 3.63) is 70.3 Å². The van der Waals surface area contributed by atoms with E-state index in [1.807, 2.05) is 38.1 Å². The number of benzene rings is 2. The number of hydrogen-bond acceptors (Lipinski definition) is 0. The van der Waals surface area contributed by atoms with Crippen molar-refractivity contribution in [3.8, 4) is 0 Å². The van der Waals surface area contributed by atoms with Gasteiger partial charge in [0.15, 0.2) is 0 Å². The van der Waals surface area contributed by atoms with E-state index >= 15 is 0 Å². The summed E-state index contributed by atoms with van der Waals surface area (Å²) >= 11 is 0. The molecule has 0 aromatic heterocycles. The Kier molecular flexibility index (Phi) is 6.13. The van der Waals surface area contributed by atoms with Gasteiger partial charge in [-0.05, 0) is 66.3 Å². The highest BCUT2D eigenvalue weighted by Crippen LogP contribution is 2.39. The van der Waals surface area contributed by atoms with Crippen LogP contribution in [-0.2, 0) is 12.1 Å². The molecule has 0 radical (unpaired) electrons. The second kappa shape index (κ2) is 7.83. The van der Waals surface area contributed by atoms with Gasteiger partial charge in [0.1, 0.15) is 0 Å². The van der Waals surface area contributed by atoms with Gasteiger partial charge in [-0.25, -0.2) is 8.78 Å². The third-order valence-electron chi connectivity index (χ3n) is 4.62. The lowest BCUT2D eigenvalue weighted by Crippen LogP contribution is -2.12. The van der Waals surface area contributed by atoms with Gasteiger partial charge in [0.05, 0.1) is 5.56 Å². The Morgan fingerprint density at radius 2 is 1.52 bits per heavy atom. The van der Waals surface area contributed by atoms with Crippen LogP contribution < -0.4 is 0 Å². The van der Waals surface area contributed by atoms with Crippen LogP contribution in [0, 0.1) is 6.92 Å². The van der Waals surface area contributed by atoms with Crippen molar-refractivity contribution in [1.82, 2.24) is 0 Å². The van der Waals surface area contributed by atoms with E-state index in [0.29, 0.717) is 25.0 Å². The fourth-order valence-electron chi connectivity index (χ4n) is 3.12. The molecule has 0 unspecified atom stereocenters. The van der Waals surface area contributed by atoms with Crippen LogP contribution >= 0.6 is 0 Å². The molecule has 0 fully saturated rings. The predicted molar refractivity (Wildman–Crippen MR) is 99.6 cm³/mol. The van der Waals surface area contributed by atoms with Crippen molar-refractivity contribution < 1.29 is 22.0 Å². The van der Waals surface area contributed by atoms with Crippen molar-refractivity contribution in [1.29, 1.82) is 0 Å². The van der Waals surface area contributed by atoms with Gasteiger partial charge in [-0.3, -0.25) is 0 Å². The summed E-state index contributed by atoms with van der Waals surface area (Å²) in [6.45, 7) is 6.21. The molecule has 5 heteroatoms. The SMILES string of the molecule is CCC/C(=C(/C)c1cc(C(C)(F)F)cc(C(F)(F)F)c1)c1ccccc1C. The molecule has 27 heavy (non-hydrogen) atoms. The highest BCUT2D eigenvalue weighted by atomic mass is 19.4.